The second kappa shape index (κ2) is 9.32. The van der Waals surface area contributed by atoms with Gasteiger partial charge in [0.15, 0.2) is 0 Å². The van der Waals surface area contributed by atoms with Crippen molar-refractivity contribution in [2.75, 3.05) is 9.44 Å². The number of hydrogen-bond acceptors (Lipinski definition) is 4. The number of aryl methyl sites for hydroxylation is 2. The molecule has 0 amide bonds. The summed E-state index contributed by atoms with van der Waals surface area (Å²) in [6.45, 7) is 3.86. The topological polar surface area (TPSA) is 92.3 Å². The van der Waals surface area contributed by atoms with Gasteiger partial charge in [0.2, 0.25) is 0 Å². The lowest BCUT2D eigenvalue weighted by Crippen LogP contribution is -2.13. The summed E-state index contributed by atoms with van der Waals surface area (Å²) in [6.07, 6.45) is 0. The van der Waals surface area contributed by atoms with Crippen LogP contribution in [0.1, 0.15) is 11.1 Å². The molecule has 0 aliphatic rings. The zero-order valence-corrected chi connectivity index (χ0v) is 20.3. The molecule has 34 heavy (non-hydrogen) atoms. The van der Waals surface area contributed by atoms with Gasteiger partial charge in [-0.3, -0.25) is 9.44 Å². The molecular weight excluding hydrogens is 468 g/mol. The van der Waals surface area contributed by atoms with Crippen molar-refractivity contribution in [3.63, 3.8) is 0 Å². The van der Waals surface area contributed by atoms with Crippen LogP contribution in [0.2, 0.25) is 0 Å². The van der Waals surface area contributed by atoms with E-state index in [4.69, 9.17) is 0 Å². The van der Waals surface area contributed by atoms with E-state index < -0.39 is 20.0 Å². The molecule has 0 aromatic heterocycles. The Morgan fingerprint density at radius 1 is 0.441 bits per heavy atom. The number of nitrogens with one attached hydrogen (secondary N) is 2. The normalized spacial score (nSPS) is 11.7. The van der Waals surface area contributed by atoms with E-state index in [1.807, 2.05) is 38.1 Å². The average molecular weight is 493 g/mol. The second-order valence-corrected chi connectivity index (χ2v) is 11.4. The molecule has 0 aliphatic carbocycles. The Morgan fingerprint density at radius 3 is 1.03 bits per heavy atom. The third-order valence-electron chi connectivity index (χ3n) is 5.27. The van der Waals surface area contributed by atoms with Gasteiger partial charge in [0.25, 0.3) is 20.0 Å². The molecule has 0 radical (unpaired) electrons. The fourth-order valence-corrected chi connectivity index (χ4v) is 5.44. The van der Waals surface area contributed by atoms with E-state index in [1.165, 1.54) is 24.3 Å². The van der Waals surface area contributed by atoms with Crippen LogP contribution in [0.3, 0.4) is 0 Å². The summed E-state index contributed by atoms with van der Waals surface area (Å²) in [7, 11) is -7.44. The Bertz CT molecular complexity index is 1380. The van der Waals surface area contributed by atoms with E-state index >= 15 is 0 Å². The van der Waals surface area contributed by atoms with Crippen molar-refractivity contribution >= 4 is 31.4 Å². The molecule has 0 saturated carbocycles. The van der Waals surface area contributed by atoms with Gasteiger partial charge in [-0.1, -0.05) is 59.7 Å². The fourth-order valence-electron chi connectivity index (χ4n) is 3.32. The smallest absolute Gasteiger partial charge is 0.261 e. The van der Waals surface area contributed by atoms with Crippen molar-refractivity contribution < 1.29 is 16.8 Å². The lowest BCUT2D eigenvalue weighted by atomic mass is 10.1. The first kappa shape index (κ1) is 23.5. The summed E-state index contributed by atoms with van der Waals surface area (Å²) >= 11 is 0. The first-order chi connectivity index (χ1) is 16.1. The van der Waals surface area contributed by atoms with Gasteiger partial charge in [0.05, 0.1) is 9.79 Å². The number of benzene rings is 4. The van der Waals surface area contributed by atoms with Crippen LogP contribution < -0.4 is 9.44 Å². The predicted octanol–water partition coefficient (Wildman–Crippen LogP) is 5.57. The van der Waals surface area contributed by atoms with Crippen LogP contribution in [0.25, 0.3) is 11.1 Å². The molecule has 0 heterocycles. The van der Waals surface area contributed by atoms with Crippen molar-refractivity contribution in [1.29, 1.82) is 0 Å². The first-order valence-electron chi connectivity index (χ1n) is 10.5. The van der Waals surface area contributed by atoms with Gasteiger partial charge in [-0.2, -0.15) is 0 Å². The highest BCUT2D eigenvalue weighted by Gasteiger charge is 2.16. The van der Waals surface area contributed by atoms with Gasteiger partial charge in [-0.15, -0.1) is 0 Å². The Morgan fingerprint density at radius 2 is 0.735 bits per heavy atom. The minimum atomic E-state index is -3.72. The third kappa shape index (κ3) is 5.47. The van der Waals surface area contributed by atoms with Crippen LogP contribution in [0.4, 0.5) is 11.4 Å². The minimum absolute atomic E-state index is 0.137. The molecule has 2 N–H and O–H groups in total. The Kier molecular flexibility index (Phi) is 6.45. The SMILES string of the molecule is Cc1ccc(NS(=O)(=O)c2ccc(-c3ccc(S(=O)(=O)Nc4ccc(C)cc4)cc3)cc2)cc1. The molecule has 4 rings (SSSR count). The van der Waals surface area contributed by atoms with Crippen molar-refractivity contribution in [3.8, 4) is 11.1 Å². The standard InChI is InChI=1S/C26H24N2O4S2/c1-19-3-11-23(12-4-19)27-33(29,30)25-15-7-21(8-16-25)22-9-17-26(18-10-22)34(31,32)28-24-13-5-20(2)6-14-24/h3-18,27-28H,1-2H3. The second-order valence-electron chi connectivity index (χ2n) is 7.99. The maximum absolute atomic E-state index is 12.7. The van der Waals surface area contributed by atoms with Gasteiger partial charge in [-0.25, -0.2) is 16.8 Å². The summed E-state index contributed by atoms with van der Waals surface area (Å²) in [5.74, 6) is 0. The lowest BCUT2D eigenvalue weighted by molar-refractivity contribution is 0.599. The van der Waals surface area contributed by atoms with Crippen molar-refractivity contribution in [1.82, 2.24) is 0 Å². The monoisotopic (exact) mass is 492 g/mol. The lowest BCUT2D eigenvalue weighted by Gasteiger charge is -2.10. The molecule has 0 fully saturated rings. The highest BCUT2D eigenvalue weighted by molar-refractivity contribution is 7.93. The van der Waals surface area contributed by atoms with Gasteiger partial charge < -0.3 is 0 Å². The van der Waals surface area contributed by atoms with E-state index in [0.717, 1.165) is 22.3 Å². The maximum Gasteiger partial charge on any atom is 0.261 e. The summed E-state index contributed by atoms with van der Waals surface area (Å²) in [5.41, 5.74) is 4.60. The molecule has 8 heteroatoms. The number of anilines is 2. The number of hydrogen-bond donors (Lipinski definition) is 2. The van der Waals surface area contributed by atoms with Crippen LogP contribution in [0.15, 0.2) is 107 Å². The molecule has 4 aromatic rings. The van der Waals surface area contributed by atoms with E-state index in [2.05, 4.69) is 9.44 Å². The maximum atomic E-state index is 12.7. The quantitative estimate of drug-likeness (QED) is 0.353. The van der Waals surface area contributed by atoms with Crippen molar-refractivity contribution in [3.05, 3.63) is 108 Å². The zero-order chi connectivity index (χ0) is 24.3. The molecule has 0 aliphatic heterocycles. The Labute approximate surface area is 200 Å². The van der Waals surface area contributed by atoms with Crippen LogP contribution >= 0.6 is 0 Å². The number of sulfonamides is 2. The molecule has 174 valence electrons. The third-order valence-corrected chi connectivity index (χ3v) is 8.06. The summed E-state index contributed by atoms with van der Waals surface area (Å²) in [6, 6.07) is 27.1. The number of rotatable bonds is 7. The van der Waals surface area contributed by atoms with E-state index in [9.17, 15) is 16.8 Å². The molecule has 0 atom stereocenters. The molecule has 0 spiro atoms. The highest BCUT2D eigenvalue weighted by Crippen LogP contribution is 2.25. The molecule has 0 unspecified atom stereocenters. The molecule has 0 saturated heterocycles. The Hall–Kier alpha value is -3.62. The zero-order valence-electron chi connectivity index (χ0n) is 18.7. The Balaban J connectivity index is 1.49. The van der Waals surface area contributed by atoms with Crippen LogP contribution in [0, 0.1) is 13.8 Å². The van der Waals surface area contributed by atoms with Gasteiger partial charge in [0.1, 0.15) is 0 Å². The van der Waals surface area contributed by atoms with E-state index in [-0.39, 0.29) is 9.79 Å². The molecule has 4 aromatic carbocycles. The van der Waals surface area contributed by atoms with Crippen LogP contribution in [-0.2, 0) is 20.0 Å². The van der Waals surface area contributed by atoms with Crippen molar-refractivity contribution in [2.45, 2.75) is 23.6 Å². The van der Waals surface area contributed by atoms with Gasteiger partial charge in [0, 0.05) is 11.4 Å². The summed E-state index contributed by atoms with van der Waals surface area (Å²) in [4.78, 5) is 0.275. The van der Waals surface area contributed by atoms with Crippen LogP contribution in [0.5, 0.6) is 0 Å². The minimum Gasteiger partial charge on any atom is -0.280 e. The van der Waals surface area contributed by atoms with E-state index in [0.29, 0.717) is 11.4 Å². The van der Waals surface area contributed by atoms with Crippen molar-refractivity contribution in [2.24, 2.45) is 0 Å². The summed E-state index contributed by atoms with van der Waals surface area (Å²) < 4.78 is 55.8. The first-order valence-corrected chi connectivity index (χ1v) is 13.5. The van der Waals surface area contributed by atoms with Crippen LogP contribution in [-0.4, -0.2) is 16.8 Å². The summed E-state index contributed by atoms with van der Waals surface area (Å²) in [5, 5.41) is 0. The van der Waals surface area contributed by atoms with E-state index in [1.54, 1.807) is 48.5 Å². The molecule has 6 nitrogen and oxygen atoms in total. The molecular formula is C26H24N2O4S2. The largest absolute Gasteiger partial charge is 0.280 e. The van der Waals surface area contributed by atoms with Gasteiger partial charge in [-0.05, 0) is 73.5 Å². The molecule has 0 bridgehead atoms. The highest BCUT2D eigenvalue weighted by atomic mass is 32.2. The average Bonchev–Trinajstić information content (AvgIpc) is 2.82. The predicted molar refractivity (Wildman–Crippen MR) is 136 cm³/mol. The van der Waals surface area contributed by atoms with Gasteiger partial charge >= 0.3 is 0 Å². The fraction of sp³-hybridized carbons (Fsp3) is 0.0769.